The zero-order chi connectivity index (χ0) is 29.2. The molecule has 0 aromatic carbocycles. The van der Waals surface area contributed by atoms with Gasteiger partial charge in [0.2, 0.25) is 5.95 Å². The fourth-order valence-electron chi connectivity index (χ4n) is 3.80. The lowest BCUT2D eigenvalue weighted by atomic mass is 10.1. The SMILES string of the molecule is Cc1cnc(N2CCO[C@@H]3CC(COCc4cccnc4)C[C@H]32)nc1.O=C(O)C(F)(F)F.O=C(O)C(F)(F)F. The van der Waals surface area contributed by atoms with Gasteiger partial charge in [0, 0.05) is 31.3 Å². The van der Waals surface area contributed by atoms with Gasteiger partial charge >= 0.3 is 24.3 Å². The number of aryl methyl sites for hydroxylation is 1. The smallest absolute Gasteiger partial charge is 0.475 e. The molecule has 2 N–H and O–H groups in total. The second kappa shape index (κ2) is 14.0. The van der Waals surface area contributed by atoms with E-state index in [1.807, 2.05) is 37.6 Å². The van der Waals surface area contributed by atoms with Crippen molar-refractivity contribution in [3.8, 4) is 0 Å². The molecule has 216 valence electrons. The van der Waals surface area contributed by atoms with Crippen molar-refractivity contribution in [1.29, 1.82) is 0 Å². The van der Waals surface area contributed by atoms with Crippen LogP contribution in [-0.4, -0.2) is 81.4 Å². The topological polar surface area (TPSA) is 135 Å². The fraction of sp³-hybridized carbons (Fsp3) is 0.522. The number of nitrogens with zero attached hydrogens (tertiary/aromatic N) is 4. The molecular weight excluding hydrogens is 542 g/mol. The molecule has 0 amide bonds. The molecule has 39 heavy (non-hydrogen) atoms. The number of alkyl halides is 6. The largest absolute Gasteiger partial charge is 0.490 e. The van der Waals surface area contributed by atoms with Crippen LogP contribution in [-0.2, 0) is 25.7 Å². The molecule has 1 aliphatic carbocycles. The van der Waals surface area contributed by atoms with E-state index in [4.69, 9.17) is 29.3 Å². The maximum absolute atomic E-state index is 10.6. The Hall–Kier alpha value is -3.53. The Morgan fingerprint density at radius 3 is 2.15 bits per heavy atom. The van der Waals surface area contributed by atoms with Crippen molar-refractivity contribution in [3.63, 3.8) is 0 Å². The van der Waals surface area contributed by atoms with E-state index in [1.54, 1.807) is 6.20 Å². The fourth-order valence-corrected chi connectivity index (χ4v) is 3.80. The normalized spacial score (nSPS) is 20.6. The molecule has 3 heterocycles. The zero-order valence-corrected chi connectivity index (χ0v) is 20.5. The van der Waals surface area contributed by atoms with Gasteiger partial charge in [-0.3, -0.25) is 4.98 Å². The Bertz CT molecular complexity index is 1030. The van der Waals surface area contributed by atoms with Crippen LogP contribution in [0, 0.1) is 12.8 Å². The molecule has 1 unspecified atom stereocenters. The van der Waals surface area contributed by atoms with Gasteiger partial charge in [-0.25, -0.2) is 19.6 Å². The Kier molecular flexibility index (Phi) is 11.4. The van der Waals surface area contributed by atoms with Crippen LogP contribution in [0.3, 0.4) is 0 Å². The highest BCUT2D eigenvalue weighted by atomic mass is 19.4. The summed E-state index contributed by atoms with van der Waals surface area (Å²) < 4.78 is 75.4. The van der Waals surface area contributed by atoms with Crippen molar-refractivity contribution >= 4 is 17.9 Å². The molecular formula is C23H26F6N4O6. The first-order valence-corrected chi connectivity index (χ1v) is 11.4. The average molecular weight is 568 g/mol. The summed E-state index contributed by atoms with van der Waals surface area (Å²) in [6.07, 6.45) is -0.398. The molecule has 1 aliphatic heterocycles. The van der Waals surface area contributed by atoms with Crippen LogP contribution in [0.15, 0.2) is 36.9 Å². The van der Waals surface area contributed by atoms with Crippen LogP contribution >= 0.6 is 0 Å². The second-order valence-corrected chi connectivity index (χ2v) is 8.55. The summed E-state index contributed by atoms with van der Waals surface area (Å²) in [7, 11) is 0. The molecule has 2 aliphatic rings. The van der Waals surface area contributed by atoms with Crippen LogP contribution in [0.1, 0.15) is 24.0 Å². The average Bonchev–Trinajstić information content (AvgIpc) is 3.28. The highest BCUT2D eigenvalue weighted by molar-refractivity contribution is 5.73. The Morgan fingerprint density at radius 1 is 1.05 bits per heavy atom. The van der Waals surface area contributed by atoms with Gasteiger partial charge in [0.1, 0.15) is 0 Å². The third-order valence-electron chi connectivity index (χ3n) is 5.49. The number of halogens is 6. The Balaban J connectivity index is 0.000000317. The van der Waals surface area contributed by atoms with Gasteiger partial charge in [-0.15, -0.1) is 0 Å². The maximum atomic E-state index is 10.6. The molecule has 1 saturated heterocycles. The minimum Gasteiger partial charge on any atom is -0.475 e. The number of morpholine rings is 1. The van der Waals surface area contributed by atoms with E-state index >= 15 is 0 Å². The minimum atomic E-state index is -5.08. The monoisotopic (exact) mass is 568 g/mol. The number of carboxylic acid groups (broad SMARTS) is 2. The molecule has 1 saturated carbocycles. The number of rotatable bonds is 5. The van der Waals surface area contributed by atoms with Gasteiger partial charge in [0.15, 0.2) is 0 Å². The van der Waals surface area contributed by atoms with E-state index in [2.05, 4.69) is 19.9 Å². The maximum Gasteiger partial charge on any atom is 0.490 e. The predicted octanol–water partition coefficient (Wildman–Crippen LogP) is 3.65. The third kappa shape index (κ3) is 10.6. The van der Waals surface area contributed by atoms with Crippen molar-refractivity contribution in [2.45, 2.75) is 50.9 Å². The van der Waals surface area contributed by atoms with E-state index in [9.17, 15) is 26.3 Å². The molecule has 2 aromatic heterocycles. The van der Waals surface area contributed by atoms with Crippen LogP contribution in [0.25, 0.3) is 0 Å². The number of carbonyl (C=O) groups is 2. The molecule has 3 atom stereocenters. The Labute approximate surface area is 218 Å². The summed E-state index contributed by atoms with van der Waals surface area (Å²) in [6.45, 7) is 4.98. The number of carboxylic acids is 2. The summed E-state index contributed by atoms with van der Waals surface area (Å²) in [4.78, 5) is 33.2. The number of hydrogen-bond acceptors (Lipinski definition) is 8. The molecule has 4 rings (SSSR count). The van der Waals surface area contributed by atoms with Crippen LogP contribution < -0.4 is 4.90 Å². The molecule has 0 spiro atoms. The first-order valence-electron chi connectivity index (χ1n) is 11.4. The second-order valence-electron chi connectivity index (χ2n) is 8.55. The molecule has 16 heteroatoms. The lowest BCUT2D eigenvalue weighted by molar-refractivity contribution is -0.193. The van der Waals surface area contributed by atoms with Gasteiger partial charge in [-0.2, -0.15) is 26.3 Å². The number of hydrogen-bond donors (Lipinski definition) is 2. The van der Waals surface area contributed by atoms with E-state index in [0.29, 0.717) is 18.6 Å². The third-order valence-corrected chi connectivity index (χ3v) is 5.49. The van der Waals surface area contributed by atoms with E-state index in [0.717, 1.165) is 49.7 Å². The van der Waals surface area contributed by atoms with Crippen molar-refractivity contribution < 1.29 is 55.6 Å². The quantitative estimate of drug-likeness (QED) is 0.515. The summed E-state index contributed by atoms with van der Waals surface area (Å²) >= 11 is 0. The van der Waals surface area contributed by atoms with Gasteiger partial charge < -0.3 is 24.6 Å². The number of aliphatic carboxylic acids is 2. The van der Waals surface area contributed by atoms with Gasteiger partial charge in [0.05, 0.1) is 32.0 Å². The van der Waals surface area contributed by atoms with E-state index < -0.39 is 24.3 Å². The highest BCUT2D eigenvalue weighted by Gasteiger charge is 2.42. The lowest BCUT2D eigenvalue weighted by Gasteiger charge is -2.37. The van der Waals surface area contributed by atoms with E-state index in [1.165, 1.54) is 0 Å². The number of fused-ring (bicyclic) bond motifs is 1. The molecule has 10 nitrogen and oxygen atoms in total. The summed E-state index contributed by atoms with van der Waals surface area (Å²) in [5.74, 6) is -4.18. The van der Waals surface area contributed by atoms with Crippen molar-refractivity contribution in [2.24, 2.45) is 5.92 Å². The van der Waals surface area contributed by atoms with Gasteiger partial charge in [0.25, 0.3) is 0 Å². The lowest BCUT2D eigenvalue weighted by Crippen LogP contribution is -2.49. The Morgan fingerprint density at radius 2 is 1.64 bits per heavy atom. The van der Waals surface area contributed by atoms with Gasteiger partial charge in [-0.05, 0) is 42.9 Å². The van der Waals surface area contributed by atoms with Crippen LogP contribution in [0.5, 0.6) is 0 Å². The van der Waals surface area contributed by atoms with Crippen LogP contribution in [0.4, 0.5) is 32.3 Å². The molecule has 0 radical (unpaired) electrons. The first-order chi connectivity index (χ1) is 18.2. The number of anilines is 1. The van der Waals surface area contributed by atoms with Crippen molar-refractivity contribution in [3.05, 3.63) is 48.0 Å². The van der Waals surface area contributed by atoms with Gasteiger partial charge in [-0.1, -0.05) is 6.07 Å². The molecule has 0 bridgehead atoms. The first kappa shape index (κ1) is 31.7. The summed E-state index contributed by atoms with van der Waals surface area (Å²) in [6, 6.07) is 4.33. The summed E-state index contributed by atoms with van der Waals surface area (Å²) in [5.41, 5.74) is 2.20. The highest BCUT2D eigenvalue weighted by Crippen LogP contribution is 2.35. The predicted molar refractivity (Wildman–Crippen MR) is 122 cm³/mol. The minimum absolute atomic E-state index is 0.255. The van der Waals surface area contributed by atoms with E-state index in [-0.39, 0.29) is 6.10 Å². The summed E-state index contributed by atoms with van der Waals surface area (Å²) in [5, 5.41) is 14.2. The van der Waals surface area contributed by atoms with Crippen molar-refractivity contribution in [1.82, 2.24) is 15.0 Å². The number of aromatic nitrogens is 3. The standard InChI is InChI=1S/C19H24N4O2.2C2HF3O2/c1-14-9-21-19(22-10-14)23-5-6-25-18-8-16(7-17(18)23)13-24-12-15-3-2-4-20-11-15;2*3-2(4,5)1(6)7/h2-4,9-11,16-18H,5-8,12-13H2,1H3;2*(H,6,7)/t16?,17-,18-;;/m1../s1. The van der Waals surface area contributed by atoms with Crippen LogP contribution in [0.2, 0.25) is 0 Å². The molecule has 2 aromatic rings. The number of ether oxygens (including phenoxy) is 2. The number of pyridine rings is 1. The van der Waals surface area contributed by atoms with Crippen molar-refractivity contribution in [2.75, 3.05) is 24.7 Å². The molecule has 2 fully saturated rings. The zero-order valence-electron chi connectivity index (χ0n) is 20.5.